The second kappa shape index (κ2) is 7.41. The molecule has 140 valence electrons. The van der Waals surface area contributed by atoms with E-state index in [1.54, 1.807) is 54.0 Å². The molecule has 0 spiro atoms. The van der Waals surface area contributed by atoms with Crippen LogP contribution in [0.2, 0.25) is 0 Å². The van der Waals surface area contributed by atoms with Gasteiger partial charge in [0.15, 0.2) is 0 Å². The Hall–Kier alpha value is -3.24. The van der Waals surface area contributed by atoms with Crippen LogP contribution in [0.25, 0.3) is 4.96 Å². The monoisotopic (exact) mass is 458 g/mol. The van der Waals surface area contributed by atoms with E-state index in [9.17, 15) is 14.9 Å². The van der Waals surface area contributed by atoms with Gasteiger partial charge in [-0.05, 0) is 57.3 Å². The predicted octanol–water partition coefficient (Wildman–Crippen LogP) is 5.11. The molecule has 0 atom stereocenters. The SMILES string of the molecule is O=C(Nc1ccc(Oc2nc3sccn3c2[N+](=O)[O-])cc1)c1ccccc1Br. The highest BCUT2D eigenvalue weighted by molar-refractivity contribution is 9.10. The maximum atomic E-state index is 12.3. The number of nitrogens with zero attached hydrogens (tertiary/aromatic N) is 3. The third kappa shape index (κ3) is 3.47. The number of nitrogens with one attached hydrogen (secondary N) is 1. The fourth-order valence-electron chi connectivity index (χ4n) is 2.55. The van der Waals surface area contributed by atoms with Gasteiger partial charge in [-0.1, -0.05) is 23.5 Å². The molecule has 8 nitrogen and oxygen atoms in total. The van der Waals surface area contributed by atoms with Crippen molar-refractivity contribution < 1.29 is 14.5 Å². The summed E-state index contributed by atoms with van der Waals surface area (Å²) in [5.41, 5.74) is 1.07. The number of fused-ring (bicyclic) bond motifs is 1. The van der Waals surface area contributed by atoms with Crippen LogP contribution in [0.15, 0.2) is 64.6 Å². The molecule has 0 aliphatic heterocycles. The summed E-state index contributed by atoms with van der Waals surface area (Å²) in [6.45, 7) is 0. The summed E-state index contributed by atoms with van der Waals surface area (Å²) in [4.78, 5) is 27.8. The van der Waals surface area contributed by atoms with Gasteiger partial charge in [0.05, 0.1) is 5.56 Å². The van der Waals surface area contributed by atoms with E-state index in [-0.39, 0.29) is 17.6 Å². The second-order valence-electron chi connectivity index (χ2n) is 5.61. The first-order chi connectivity index (χ1) is 13.5. The number of carbonyl (C=O) groups is 1. The maximum Gasteiger partial charge on any atom is 0.393 e. The van der Waals surface area contributed by atoms with Crippen molar-refractivity contribution in [1.82, 2.24) is 9.38 Å². The molecule has 1 N–H and O–H groups in total. The lowest BCUT2D eigenvalue weighted by Crippen LogP contribution is -2.12. The molecule has 0 aliphatic carbocycles. The Bertz CT molecular complexity index is 1190. The Morgan fingerprint density at radius 2 is 1.96 bits per heavy atom. The Balaban J connectivity index is 1.52. The van der Waals surface area contributed by atoms with Crippen LogP contribution >= 0.6 is 27.3 Å². The number of imidazole rings is 1. The van der Waals surface area contributed by atoms with E-state index in [4.69, 9.17) is 4.74 Å². The van der Waals surface area contributed by atoms with Crippen molar-refractivity contribution in [2.75, 3.05) is 5.32 Å². The van der Waals surface area contributed by atoms with Crippen LogP contribution in [0.4, 0.5) is 11.5 Å². The molecule has 0 fully saturated rings. The molecular weight excluding hydrogens is 448 g/mol. The minimum atomic E-state index is -0.533. The number of hydrogen-bond acceptors (Lipinski definition) is 6. The minimum Gasteiger partial charge on any atom is -0.433 e. The predicted molar refractivity (Wildman–Crippen MR) is 108 cm³/mol. The fraction of sp³-hybridized carbons (Fsp3) is 0. The molecule has 4 rings (SSSR count). The Morgan fingerprint density at radius 1 is 1.21 bits per heavy atom. The lowest BCUT2D eigenvalue weighted by Gasteiger charge is -2.08. The van der Waals surface area contributed by atoms with E-state index < -0.39 is 4.92 Å². The normalized spacial score (nSPS) is 10.8. The summed E-state index contributed by atoms with van der Waals surface area (Å²) in [6.07, 6.45) is 1.57. The largest absolute Gasteiger partial charge is 0.433 e. The van der Waals surface area contributed by atoms with Gasteiger partial charge < -0.3 is 20.2 Å². The molecule has 2 aromatic carbocycles. The molecule has 10 heteroatoms. The number of nitro groups is 1. The second-order valence-corrected chi connectivity index (χ2v) is 7.34. The average molecular weight is 459 g/mol. The summed E-state index contributed by atoms with van der Waals surface area (Å²) in [5.74, 6) is -0.205. The highest BCUT2D eigenvalue weighted by Crippen LogP contribution is 2.33. The van der Waals surface area contributed by atoms with E-state index in [1.807, 2.05) is 6.07 Å². The molecule has 0 saturated carbocycles. The molecule has 0 aliphatic rings. The number of hydrogen-bond donors (Lipinski definition) is 1. The lowest BCUT2D eigenvalue weighted by atomic mass is 10.2. The third-order valence-corrected chi connectivity index (χ3v) is 5.27. The van der Waals surface area contributed by atoms with E-state index in [0.29, 0.717) is 26.4 Å². The van der Waals surface area contributed by atoms with Crippen molar-refractivity contribution in [1.29, 1.82) is 0 Å². The zero-order valence-corrected chi connectivity index (χ0v) is 16.4. The van der Waals surface area contributed by atoms with Gasteiger partial charge in [-0.25, -0.2) is 0 Å². The average Bonchev–Trinajstić information content (AvgIpc) is 3.24. The van der Waals surface area contributed by atoms with Crippen LogP contribution in [0, 0.1) is 10.1 Å². The Morgan fingerprint density at radius 3 is 2.68 bits per heavy atom. The van der Waals surface area contributed by atoms with Crippen LogP contribution in [-0.2, 0) is 0 Å². The van der Waals surface area contributed by atoms with Gasteiger partial charge in [-0.15, -0.1) is 0 Å². The number of amides is 1. The zero-order chi connectivity index (χ0) is 19.7. The van der Waals surface area contributed by atoms with Crippen LogP contribution in [0.1, 0.15) is 10.4 Å². The number of thiazole rings is 1. The summed E-state index contributed by atoms with van der Waals surface area (Å²) in [6, 6.07) is 13.6. The fourth-order valence-corrected chi connectivity index (χ4v) is 3.72. The number of benzene rings is 2. The van der Waals surface area contributed by atoms with Gasteiger partial charge in [-0.3, -0.25) is 4.79 Å². The van der Waals surface area contributed by atoms with Gasteiger partial charge in [0.1, 0.15) is 11.9 Å². The van der Waals surface area contributed by atoms with Gasteiger partial charge in [0, 0.05) is 15.5 Å². The number of halogens is 1. The zero-order valence-electron chi connectivity index (χ0n) is 14.0. The number of aromatic nitrogens is 2. The van der Waals surface area contributed by atoms with E-state index in [1.165, 1.54) is 15.7 Å². The topological polar surface area (TPSA) is 98.8 Å². The number of rotatable bonds is 5. The van der Waals surface area contributed by atoms with Crippen LogP contribution in [-0.4, -0.2) is 20.2 Å². The van der Waals surface area contributed by atoms with Gasteiger partial charge in [-0.2, -0.15) is 9.38 Å². The molecule has 0 radical (unpaired) electrons. The highest BCUT2D eigenvalue weighted by Gasteiger charge is 2.25. The van der Waals surface area contributed by atoms with Crippen molar-refractivity contribution in [2.24, 2.45) is 0 Å². The van der Waals surface area contributed by atoms with Crippen LogP contribution < -0.4 is 10.1 Å². The van der Waals surface area contributed by atoms with Crippen molar-refractivity contribution in [2.45, 2.75) is 0 Å². The standard InChI is InChI=1S/C18H11BrN4O4S/c19-14-4-2-1-3-13(14)15(24)20-11-5-7-12(8-6-11)27-16-17(23(25)26)22-9-10-28-18(22)21-16/h1-10H,(H,20,24). The summed E-state index contributed by atoms with van der Waals surface area (Å²) in [5, 5.41) is 15.8. The molecular formula is C18H11BrN4O4S. The van der Waals surface area contributed by atoms with Crippen LogP contribution in [0.5, 0.6) is 11.6 Å². The first-order valence-corrected chi connectivity index (χ1v) is 9.64. The van der Waals surface area contributed by atoms with Crippen molar-refractivity contribution >= 4 is 49.6 Å². The summed E-state index contributed by atoms with van der Waals surface area (Å²) >= 11 is 4.62. The quantitative estimate of drug-likeness (QED) is 0.330. The smallest absolute Gasteiger partial charge is 0.393 e. The molecule has 0 saturated heterocycles. The number of anilines is 1. The van der Waals surface area contributed by atoms with Crippen molar-refractivity contribution in [3.05, 3.63) is 80.3 Å². The van der Waals surface area contributed by atoms with Gasteiger partial charge >= 0.3 is 11.7 Å². The Labute approximate surface area is 170 Å². The number of ether oxygens (including phenoxy) is 1. The molecule has 1 amide bonds. The van der Waals surface area contributed by atoms with E-state index in [2.05, 4.69) is 26.2 Å². The van der Waals surface area contributed by atoms with Gasteiger partial charge in [0.25, 0.3) is 10.9 Å². The highest BCUT2D eigenvalue weighted by atomic mass is 79.9. The molecule has 4 aromatic rings. The first-order valence-electron chi connectivity index (χ1n) is 7.96. The molecule has 2 aromatic heterocycles. The first kappa shape index (κ1) is 18.1. The number of carbonyl (C=O) groups excluding carboxylic acids is 1. The van der Waals surface area contributed by atoms with Crippen molar-refractivity contribution in [3.63, 3.8) is 0 Å². The molecule has 0 unspecified atom stereocenters. The van der Waals surface area contributed by atoms with Gasteiger partial charge in [0.2, 0.25) is 0 Å². The van der Waals surface area contributed by atoms with Crippen molar-refractivity contribution in [3.8, 4) is 11.6 Å². The lowest BCUT2D eigenvalue weighted by molar-refractivity contribution is -0.391. The summed E-state index contributed by atoms with van der Waals surface area (Å²) in [7, 11) is 0. The third-order valence-electron chi connectivity index (χ3n) is 3.82. The molecule has 0 bridgehead atoms. The van der Waals surface area contributed by atoms with E-state index in [0.717, 1.165) is 0 Å². The van der Waals surface area contributed by atoms with E-state index >= 15 is 0 Å². The minimum absolute atomic E-state index is 0.0816. The summed E-state index contributed by atoms with van der Waals surface area (Å²) < 4.78 is 7.65. The Kier molecular flexibility index (Phi) is 4.80. The molecule has 2 heterocycles. The molecule has 28 heavy (non-hydrogen) atoms. The van der Waals surface area contributed by atoms with Crippen LogP contribution in [0.3, 0.4) is 0 Å². The maximum absolute atomic E-state index is 12.3.